The molecule has 2 rings (SSSR count). The molecule has 98 valence electrons. The van der Waals surface area contributed by atoms with E-state index in [4.69, 9.17) is 0 Å². The highest BCUT2D eigenvalue weighted by molar-refractivity contribution is 5.94. The van der Waals surface area contributed by atoms with Crippen molar-refractivity contribution in [2.45, 2.75) is 6.54 Å². The number of hydrogen-bond donors (Lipinski definition) is 1. The summed E-state index contributed by atoms with van der Waals surface area (Å²) in [5, 5.41) is 3.29. The SMILES string of the molecule is CN(C)C(=O)c1ccc(NCc2cccnc2)cc1. The van der Waals surface area contributed by atoms with Gasteiger partial charge in [0, 0.05) is 44.3 Å². The van der Waals surface area contributed by atoms with E-state index in [1.165, 1.54) is 0 Å². The van der Waals surface area contributed by atoms with Crippen LogP contribution in [-0.2, 0) is 6.54 Å². The molecule has 2 aromatic rings. The van der Waals surface area contributed by atoms with E-state index in [1.807, 2.05) is 42.6 Å². The highest BCUT2D eigenvalue weighted by Crippen LogP contribution is 2.12. The molecule has 4 nitrogen and oxygen atoms in total. The van der Waals surface area contributed by atoms with E-state index in [2.05, 4.69) is 10.3 Å². The van der Waals surface area contributed by atoms with Gasteiger partial charge in [0.15, 0.2) is 0 Å². The molecule has 1 aromatic carbocycles. The number of rotatable bonds is 4. The Hall–Kier alpha value is -2.36. The highest BCUT2D eigenvalue weighted by atomic mass is 16.2. The van der Waals surface area contributed by atoms with Crippen LogP contribution in [0, 0.1) is 0 Å². The number of nitrogens with zero attached hydrogens (tertiary/aromatic N) is 2. The van der Waals surface area contributed by atoms with Crippen LogP contribution in [-0.4, -0.2) is 29.9 Å². The molecule has 19 heavy (non-hydrogen) atoms. The first-order valence-electron chi connectivity index (χ1n) is 6.11. The normalized spacial score (nSPS) is 10.0. The quantitative estimate of drug-likeness (QED) is 0.912. The van der Waals surface area contributed by atoms with Crippen LogP contribution in [0.3, 0.4) is 0 Å². The zero-order chi connectivity index (χ0) is 13.7. The molecule has 1 aromatic heterocycles. The first-order valence-corrected chi connectivity index (χ1v) is 6.11. The van der Waals surface area contributed by atoms with E-state index in [-0.39, 0.29) is 5.91 Å². The molecule has 0 aliphatic rings. The van der Waals surface area contributed by atoms with Crippen molar-refractivity contribution in [1.29, 1.82) is 0 Å². The second-order valence-electron chi connectivity index (χ2n) is 4.49. The van der Waals surface area contributed by atoms with Crippen LogP contribution in [0.4, 0.5) is 5.69 Å². The minimum atomic E-state index is 0.0128. The van der Waals surface area contributed by atoms with Gasteiger partial charge in [0.2, 0.25) is 0 Å². The minimum Gasteiger partial charge on any atom is -0.381 e. The molecule has 0 aliphatic carbocycles. The van der Waals surface area contributed by atoms with Crippen LogP contribution >= 0.6 is 0 Å². The van der Waals surface area contributed by atoms with Gasteiger partial charge in [0.05, 0.1) is 0 Å². The highest BCUT2D eigenvalue weighted by Gasteiger charge is 2.06. The summed E-state index contributed by atoms with van der Waals surface area (Å²) in [5.41, 5.74) is 2.80. The molecule has 0 spiro atoms. The van der Waals surface area contributed by atoms with Crippen LogP contribution in [0.15, 0.2) is 48.8 Å². The van der Waals surface area contributed by atoms with Crippen molar-refractivity contribution < 1.29 is 4.79 Å². The van der Waals surface area contributed by atoms with Gasteiger partial charge in [-0.15, -0.1) is 0 Å². The van der Waals surface area contributed by atoms with Crippen molar-refractivity contribution >= 4 is 11.6 Å². The van der Waals surface area contributed by atoms with Gasteiger partial charge in [-0.2, -0.15) is 0 Å². The molecule has 1 amide bonds. The van der Waals surface area contributed by atoms with Crippen LogP contribution < -0.4 is 5.32 Å². The fourth-order valence-electron chi connectivity index (χ4n) is 1.70. The zero-order valence-electron chi connectivity index (χ0n) is 11.1. The number of carbonyl (C=O) groups excluding carboxylic acids is 1. The number of amides is 1. The Kier molecular flexibility index (Phi) is 4.13. The average molecular weight is 255 g/mol. The number of benzene rings is 1. The Balaban J connectivity index is 1.98. The summed E-state index contributed by atoms with van der Waals surface area (Å²) in [6, 6.07) is 11.4. The molecule has 0 unspecified atom stereocenters. The van der Waals surface area contributed by atoms with E-state index < -0.39 is 0 Å². The Morgan fingerprint density at radius 1 is 1.21 bits per heavy atom. The van der Waals surface area contributed by atoms with Gasteiger partial charge >= 0.3 is 0 Å². The molecular weight excluding hydrogens is 238 g/mol. The zero-order valence-corrected chi connectivity index (χ0v) is 11.1. The van der Waals surface area contributed by atoms with Crippen LogP contribution in [0.5, 0.6) is 0 Å². The molecule has 1 heterocycles. The van der Waals surface area contributed by atoms with Gasteiger partial charge in [0.25, 0.3) is 5.91 Å². The number of hydrogen-bond acceptors (Lipinski definition) is 3. The van der Waals surface area contributed by atoms with Gasteiger partial charge in [-0.25, -0.2) is 0 Å². The van der Waals surface area contributed by atoms with E-state index in [0.717, 1.165) is 17.8 Å². The molecule has 0 atom stereocenters. The summed E-state index contributed by atoms with van der Waals surface area (Å²) in [7, 11) is 3.49. The number of nitrogens with one attached hydrogen (secondary N) is 1. The fraction of sp³-hybridized carbons (Fsp3) is 0.200. The summed E-state index contributed by atoms with van der Waals surface area (Å²) in [6.07, 6.45) is 3.59. The van der Waals surface area contributed by atoms with Crippen LogP contribution in [0.1, 0.15) is 15.9 Å². The molecule has 0 saturated heterocycles. The molecule has 4 heteroatoms. The Bertz CT molecular complexity index is 535. The topological polar surface area (TPSA) is 45.2 Å². The summed E-state index contributed by atoms with van der Waals surface area (Å²) < 4.78 is 0. The van der Waals surface area contributed by atoms with Gasteiger partial charge < -0.3 is 10.2 Å². The van der Waals surface area contributed by atoms with Gasteiger partial charge in [0.1, 0.15) is 0 Å². The van der Waals surface area contributed by atoms with E-state index in [0.29, 0.717) is 5.56 Å². The van der Waals surface area contributed by atoms with Gasteiger partial charge in [-0.05, 0) is 35.9 Å². The molecule has 1 N–H and O–H groups in total. The summed E-state index contributed by atoms with van der Waals surface area (Å²) in [6.45, 7) is 0.717. The Morgan fingerprint density at radius 3 is 2.53 bits per heavy atom. The van der Waals surface area contributed by atoms with Crippen molar-refractivity contribution in [3.8, 4) is 0 Å². The van der Waals surface area contributed by atoms with Crippen molar-refractivity contribution in [2.75, 3.05) is 19.4 Å². The number of aromatic nitrogens is 1. The van der Waals surface area contributed by atoms with E-state index in [1.54, 1.807) is 25.2 Å². The lowest BCUT2D eigenvalue weighted by molar-refractivity contribution is 0.0827. The largest absolute Gasteiger partial charge is 0.381 e. The fourth-order valence-corrected chi connectivity index (χ4v) is 1.70. The number of carbonyl (C=O) groups is 1. The van der Waals surface area contributed by atoms with Gasteiger partial charge in [-0.3, -0.25) is 9.78 Å². The lowest BCUT2D eigenvalue weighted by Gasteiger charge is -2.11. The van der Waals surface area contributed by atoms with Crippen molar-refractivity contribution in [3.05, 3.63) is 59.9 Å². The standard InChI is InChI=1S/C15H17N3O/c1-18(2)15(19)13-5-7-14(8-6-13)17-11-12-4-3-9-16-10-12/h3-10,17H,11H2,1-2H3. The molecule has 0 bridgehead atoms. The number of anilines is 1. The first kappa shape index (κ1) is 13.1. The minimum absolute atomic E-state index is 0.0128. The van der Waals surface area contributed by atoms with E-state index in [9.17, 15) is 4.79 Å². The predicted octanol–water partition coefficient (Wildman–Crippen LogP) is 2.40. The maximum Gasteiger partial charge on any atom is 0.253 e. The summed E-state index contributed by atoms with van der Waals surface area (Å²) in [5.74, 6) is 0.0128. The molecule has 0 radical (unpaired) electrons. The third-order valence-electron chi connectivity index (χ3n) is 2.76. The van der Waals surface area contributed by atoms with E-state index >= 15 is 0 Å². The maximum absolute atomic E-state index is 11.7. The average Bonchev–Trinajstić information content (AvgIpc) is 2.46. The predicted molar refractivity (Wildman–Crippen MR) is 76.0 cm³/mol. The lowest BCUT2D eigenvalue weighted by atomic mass is 10.2. The third kappa shape index (κ3) is 3.55. The van der Waals surface area contributed by atoms with Crippen molar-refractivity contribution in [3.63, 3.8) is 0 Å². The molecular formula is C15H17N3O. The van der Waals surface area contributed by atoms with Gasteiger partial charge in [-0.1, -0.05) is 6.07 Å². The monoisotopic (exact) mass is 255 g/mol. The Morgan fingerprint density at radius 2 is 1.95 bits per heavy atom. The molecule has 0 saturated carbocycles. The molecule has 0 aliphatic heterocycles. The second-order valence-corrected chi connectivity index (χ2v) is 4.49. The smallest absolute Gasteiger partial charge is 0.253 e. The van der Waals surface area contributed by atoms with Crippen LogP contribution in [0.2, 0.25) is 0 Å². The first-order chi connectivity index (χ1) is 9.16. The number of pyridine rings is 1. The maximum atomic E-state index is 11.7. The summed E-state index contributed by atoms with van der Waals surface area (Å²) >= 11 is 0. The second kappa shape index (κ2) is 6.00. The van der Waals surface area contributed by atoms with Crippen molar-refractivity contribution in [1.82, 2.24) is 9.88 Å². The summed E-state index contributed by atoms with van der Waals surface area (Å²) in [4.78, 5) is 17.4. The Labute approximate surface area is 113 Å². The molecule has 0 fully saturated rings. The van der Waals surface area contributed by atoms with Crippen LogP contribution in [0.25, 0.3) is 0 Å². The lowest BCUT2D eigenvalue weighted by Crippen LogP contribution is -2.21. The van der Waals surface area contributed by atoms with Crippen molar-refractivity contribution in [2.24, 2.45) is 0 Å². The third-order valence-corrected chi connectivity index (χ3v) is 2.76.